The number of hydrogen-bond acceptors (Lipinski definition) is 1. The Labute approximate surface area is 136 Å². The van der Waals surface area contributed by atoms with Gasteiger partial charge in [0.1, 0.15) is 5.58 Å². The minimum Gasteiger partial charge on any atom is -0.464 e. The van der Waals surface area contributed by atoms with E-state index in [1.165, 1.54) is 81.6 Å². The van der Waals surface area contributed by atoms with Gasteiger partial charge in [-0.2, -0.15) is 0 Å². The highest BCUT2D eigenvalue weighted by Gasteiger charge is 2.04. The molecule has 0 radical (unpaired) electrons. The van der Waals surface area contributed by atoms with E-state index in [2.05, 4.69) is 25.1 Å². The Bertz CT molecular complexity index is 511. The highest BCUT2D eigenvalue weighted by molar-refractivity contribution is 5.80. The largest absolute Gasteiger partial charge is 0.464 e. The Hall–Kier alpha value is -1.24. The summed E-state index contributed by atoms with van der Waals surface area (Å²) in [5.74, 6) is 0. The van der Waals surface area contributed by atoms with Crippen molar-refractivity contribution in [1.82, 2.24) is 0 Å². The lowest BCUT2D eigenvalue weighted by molar-refractivity contribution is 0.548. The topological polar surface area (TPSA) is 13.1 Å². The van der Waals surface area contributed by atoms with Gasteiger partial charge in [0.15, 0.2) is 0 Å². The SMILES string of the molecule is CCCCCCCCCCCCCc1coc2ccccc12. The number of unbranched alkanes of at least 4 members (excludes halogenated alkanes) is 10. The van der Waals surface area contributed by atoms with Gasteiger partial charge in [0.2, 0.25) is 0 Å². The van der Waals surface area contributed by atoms with Crippen LogP contribution < -0.4 is 0 Å². The first-order chi connectivity index (χ1) is 10.9. The molecule has 0 amide bonds. The zero-order valence-corrected chi connectivity index (χ0v) is 14.3. The van der Waals surface area contributed by atoms with Crippen molar-refractivity contribution in [1.29, 1.82) is 0 Å². The van der Waals surface area contributed by atoms with Crippen molar-refractivity contribution in [2.45, 2.75) is 84.0 Å². The smallest absolute Gasteiger partial charge is 0.134 e. The predicted octanol–water partition coefficient (Wildman–Crippen LogP) is 7.29. The summed E-state index contributed by atoms with van der Waals surface area (Å²) in [5, 5.41) is 1.30. The van der Waals surface area contributed by atoms with Crippen LogP contribution in [0.3, 0.4) is 0 Å². The number of fused-ring (bicyclic) bond motifs is 1. The molecule has 22 heavy (non-hydrogen) atoms. The van der Waals surface area contributed by atoms with E-state index < -0.39 is 0 Å². The zero-order valence-electron chi connectivity index (χ0n) is 14.3. The highest BCUT2D eigenvalue weighted by Crippen LogP contribution is 2.22. The second-order valence-electron chi connectivity index (χ2n) is 6.54. The summed E-state index contributed by atoms with van der Waals surface area (Å²) in [4.78, 5) is 0. The number of benzene rings is 1. The molecule has 1 aromatic carbocycles. The Morgan fingerprint density at radius 3 is 2.00 bits per heavy atom. The number of furan rings is 1. The van der Waals surface area contributed by atoms with Gasteiger partial charge >= 0.3 is 0 Å². The van der Waals surface area contributed by atoms with Crippen LogP contribution in [0.1, 0.15) is 83.1 Å². The second kappa shape index (κ2) is 10.5. The minimum atomic E-state index is 1.03. The maximum atomic E-state index is 5.60. The Balaban J connectivity index is 1.48. The molecule has 0 aliphatic carbocycles. The van der Waals surface area contributed by atoms with Crippen molar-refractivity contribution in [2.24, 2.45) is 0 Å². The van der Waals surface area contributed by atoms with Crippen LogP contribution in [0, 0.1) is 0 Å². The van der Waals surface area contributed by atoms with Gasteiger partial charge in [0, 0.05) is 5.39 Å². The van der Waals surface area contributed by atoms with E-state index in [4.69, 9.17) is 4.42 Å². The monoisotopic (exact) mass is 300 g/mol. The molecule has 2 aromatic rings. The third kappa shape index (κ3) is 5.87. The van der Waals surface area contributed by atoms with E-state index in [1.54, 1.807) is 0 Å². The predicted molar refractivity (Wildman–Crippen MR) is 96.4 cm³/mol. The molecule has 122 valence electrons. The lowest BCUT2D eigenvalue weighted by atomic mass is 10.0. The molecule has 0 fully saturated rings. The normalized spacial score (nSPS) is 11.3. The molecule has 0 aliphatic rings. The molecule has 0 atom stereocenters. The fourth-order valence-electron chi connectivity index (χ4n) is 3.21. The third-order valence-corrected chi connectivity index (χ3v) is 4.61. The van der Waals surface area contributed by atoms with E-state index in [1.807, 2.05) is 12.3 Å². The first-order valence-corrected chi connectivity index (χ1v) is 9.37. The van der Waals surface area contributed by atoms with E-state index >= 15 is 0 Å². The summed E-state index contributed by atoms with van der Waals surface area (Å²) in [7, 11) is 0. The molecule has 1 aromatic heterocycles. The summed E-state index contributed by atoms with van der Waals surface area (Å²) < 4.78 is 5.60. The summed E-state index contributed by atoms with van der Waals surface area (Å²) >= 11 is 0. The van der Waals surface area contributed by atoms with Gasteiger partial charge in [-0.25, -0.2) is 0 Å². The fourth-order valence-corrected chi connectivity index (χ4v) is 3.21. The molecule has 0 saturated heterocycles. The van der Waals surface area contributed by atoms with Crippen LogP contribution in [0.2, 0.25) is 0 Å². The van der Waals surface area contributed by atoms with Crippen molar-refractivity contribution in [3.8, 4) is 0 Å². The molecule has 0 aliphatic heterocycles. The first-order valence-electron chi connectivity index (χ1n) is 9.37. The molecule has 1 nitrogen and oxygen atoms in total. The molecular weight excluding hydrogens is 268 g/mol. The molecule has 1 heteroatoms. The van der Waals surface area contributed by atoms with Crippen LogP contribution in [-0.4, -0.2) is 0 Å². The summed E-state index contributed by atoms with van der Waals surface area (Å²) in [6.45, 7) is 2.28. The van der Waals surface area contributed by atoms with Crippen LogP contribution in [0.15, 0.2) is 34.9 Å². The van der Waals surface area contributed by atoms with Gasteiger partial charge in [-0.05, 0) is 24.5 Å². The van der Waals surface area contributed by atoms with Crippen molar-refractivity contribution in [3.63, 3.8) is 0 Å². The van der Waals surface area contributed by atoms with E-state index in [-0.39, 0.29) is 0 Å². The number of hydrogen-bond donors (Lipinski definition) is 0. The van der Waals surface area contributed by atoms with Crippen molar-refractivity contribution in [3.05, 3.63) is 36.1 Å². The van der Waals surface area contributed by atoms with Crippen LogP contribution in [0.4, 0.5) is 0 Å². The van der Waals surface area contributed by atoms with Crippen molar-refractivity contribution < 1.29 is 4.42 Å². The van der Waals surface area contributed by atoms with Crippen molar-refractivity contribution >= 4 is 11.0 Å². The zero-order chi connectivity index (χ0) is 15.5. The molecule has 2 rings (SSSR count). The average molecular weight is 300 g/mol. The molecule has 0 bridgehead atoms. The molecule has 0 saturated carbocycles. The molecule has 0 N–H and O–H groups in total. The maximum Gasteiger partial charge on any atom is 0.134 e. The van der Waals surface area contributed by atoms with Gasteiger partial charge in [-0.15, -0.1) is 0 Å². The number of rotatable bonds is 12. The minimum absolute atomic E-state index is 1.03. The first kappa shape index (κ1) is 17.1. The second-order valence-corrected chi connectivity index (χ2v) is 6.54. The van der Waals surface area contributed by atoms with Gasteiger partial charge in [0.25, 0.3) is 0 Å². The Kier molecular flexibility index (Phi) is 8.15. The fraction of sp³-hybridized carbons (Fsp3) is 0.619. The number of aryl methyl sites for hydroxylation is 1. The molecule has 1 heterocycles. The van der Waals surface area contributed by atoms with Crippen LogP contribution >= 0.6 is 0 Å². The van der Waals surface area contributed by atoms with Gasteiger partial charge < -0.3 is 4.42 Å². The standard InChI is InChI=1S/C21H32O/c1-2-3-4-5-6-7-8-9-10-11-12-15-19-18-22-21-17-14-13-16-20(19)21/h13-14,16-18H,2-12,15H2,1H3. The molecular formula is C21H32O. The molecule has 0 spiro atoms. The van der Waals surface area contributed by atoms with Gasteiger partial charge in [0.05, 0.1) is 6.26 Å². The van der Waals surface area contributed by atoms with Crippen LogP contribution in [-0.2, 0) is 6.42 Å². The van der Waals surface area contributed by atoms with E-state index in [9.17, 15) is 0 Å². The van der Waals surface area contributed by atoms with E-state index in [0.717, 1.165) is 12.0 Å². The summed E-state index contributed by atoms with van der Waals surface area (Å²) in [6, 6.07) is 8.37. The molecule has 0 unspecified atom stereocenters. The van der Waals surface area contributed by atoms with Crippen LogP contribution in [0.25, 0.3) is 11.0 Å². The highest BCUT2D eigenvalue weighted by atomic mass is 16.3. The van der Waals surface area contributed by atoms with Crippen molar-refractivity contribution in [2.75, 3.05) is 0 Å². The Morgan fingerprint density at radius 1 is 0.727 bits per heavy atom. The lowest BCUT2D eigenvalue weighted by Gasteiger charge is -2.02. The quantitative estimate of drug-likeness (QED) is 0.375. The maximum absolute atomic E-state index is 5.60. The van der Waals surface area contributed by atoms with Crippen LogP contribution in [0.5, 0.6) is 0 Å². The number of para-hydroxylation sites is 1. The summed E-state index contributed by atoms with van der Waals surface area (Å²) in [6.07, 6.45) is 18.5. The summed E-state index contributed by atoms with van der Waals surface area (Å²) in [5.41, 5.74) is 2.41. The Morgan fingerprint density at radius 2 is 1.32 bits per heavy atom. The third-order valence-electron chi connectivity index (χ3n) is 4.61. The van der Waals surface area contributed by atoms with E-state index in [0.29, 0.717) is 0 Å². The van der Waals surface area contributed by atoms with Gasteiger partial charge in [-0.3, -0.25) is 0 Å². The lowest BCUT2D eigenvalue weighted by Crippen LogP contribution is -1.85. The van der Waals surface area contributed by atoms with Gasteiger partial charge in [-0.1, -0.05) is 89.3 Å². The average Bonchev–Trinajstić information content (AvgIpc) is 2.96.